The van der Waals surface area contributed by atoms with Crippen LogP contribution in [0.5, 0.6) is 5.75 Å². The smallest absolute Gasteiger partial charge is 0.260 e. The maximum Gasteiger partial charge on any atom is 0.260 e. The summed E-state index contributed by atoms with van der Waals surface area (Å²) >= 11 is 0. The van der Waals surface area contributed by atoms with Gasteiger partial charge in [0.05, 0.1) is 5.56 Å². The van der Waals surface area contributed by atoms with Crippen LogP contribution in [0, 0.1) is 29.1 Å². The van der Waals surface area contributed by atoms with Crippen molar-refractivity contribution in [3.05, 3.63) is 29.8 Å². The molecule has 4 nitrogen and oxygen atoms in total. The van der Waals surface area contributed by atoms with E-state index in [9.17, 15) is 4.79 Å². The molecule has 0 heterocycles. The van der Waals surface area contributed by atoms with Gasteiger partial charge in [0, 0.05) is 6.04 Å². The largest absolute Gasteiger partial charge is 0.480 e. The molecule has 2 fully saturated rings. The predicted octanol–water partition coefficient (Wildman–Crippen LogP) is 3.27. The summed E-state index contributed by atoms with van der Waals surface area (Å²) in [6.07, 6.45) is 4.67. The van der Waals surface area contributed by atoms with E-state index in [1.54, 1.807) is 31.2 Å². The second-order valence-electron chi connectivity index (χ2n) is 7.00. The lowest BCUT2D eigenvalue weighted by Crippen LogP contribution is -2.45. The maximum absolute atomic E-state index is 12.4. The van der Waals surface area contributed by atoms with Crippen LogP contribution in [-0.2, 0) is 4.79 Å². The fraction of sp³-hybridized carbons (Fsp3) is 0.579. The lowest BCUT2D eigenvalue weighted by molar-refractivity contribution is -0.128. The fourth-order valence-corrected chi connectivity index (χ4v) is 4.26. The third-order valence-electron chi connectivity index (χ3n) is 5.49. The highest BCUT2D eigenvalue weighted by Crippen LogP contribution is 2.49. The molecule has 5 atom stereocenters. The Morgan fingerprint density at radius 3 is 2.74 bits per heavy atom. The Bertz CT molecular complexity index is 622. The third kappa shape index (κ3) is 3.34. The molecule has 0 aliphatic heterocycles. The van der Waals surface area contributed by atoms with Gasteiger partial charge in [-0.15, -0.1) is 0 Å². The first-order valence-corrected chi connectivity index (χ1v) is 8.54. The summed E-state index contributed by atoms with van der Waals surface area (Å²) in [4.78, 5) is 12.4. The Morgan fingerprint density at radius 2 is 2.09 bits per heavy atom. The SMILES string of the molecule is C[C@H](Oc1ccccc1C#N)C(=O)N[C@H](C)[C@@H]1C[C@H]2CC[C@H]1C2. The molecule has 23 heavy (non-hydrogen) atoms. The molecule has 2 bridgehead atoms. The second-order valence-corrected chi connectivity index (χ2v) is 7.00. The number of nitrogens with one attached hydrogen (secondary N) is 1. The summed E-state index contributed by atoms with van der Waals surface area (Å²) < 4.78 is 5.69. The van der Waals surface area contributed by atoms with Crippen molar-refractivity contribution in [2.24, 2.45) is 17.8 Å². The molecule has 0 unspecified atom stereocenters. The molecule has 1 aromatic rings. The number of nitrogens with zero attached hydrogens (tertiary/aromatic N) is 1. The van der Waals surface area contributed by atoms with Gasteiger partial charge in [0.25, 0.3) is 5.91 Å². The van der Waals surface area contributed by atoms with Crippen LogP contribution < -0.4 is 10.1 Å². The Balaban J connectivity index is 1.56. The van der Waals surface area contributed by atoms with E-state index < -0.39 is 6.10 Å². The zero-order valence-electron chi connectivity index (χ0n) is 13.8. The molecule has 1 amide bonds. The van der Waals surface area contributed by atoms with E-state index in [1.807, 2.05) is 0 Å². The third-order valence-corrected chi connectivity index (χ3v) is 5.49. The summed E-state index contributed by atoms with van der Waals surface area (Å²) in [6, 6.07) is 9.28. The molecule has 2 saturated carbocycles. The Morgan fingerprint density at radius 1 is 1.30 bits per heavy atom. The Labute approximate surface area is 137 Å². The van der Waals surface area contributed by atoms with E-state index in [1.165, 1.54) is 25.7 Å². The lowest BCUT2D eigenvalue weighted by Gasteiger charge is -2.29. The first-order chi connectivity index (χ1) is 11.1. The first-order valence-electron chi connectivity index (χ1n) is 8.54. The van der Waals surface area contributed by atoms with Crippen molar-refractivity contribution in [3.63, 3.8) is 0 Å². The summed E-state index contributed by atoms with van der Waals surface area (Å²) in [7, 11) is 0. The van der Waals surface area contributed by atoms with E-state index in [0.717, 1.165) is 11.8 Å². The fourth-order valence-electron chi connectivity index (χ4n) is 4.26. The van der Waals surface area contributed by atoms with Crippen molar-refractivity contribution in [3.8, 4) is 11.8 Å². The monoisotopic (exact) mass is 312 g/mol. The van der Waals surface area contributed by atoms with Crippen LogP contribution >= 0.6 is 0 Å². The van der Waals surface area contributed by atoms with Crippen molar-refractivity contribution in [1.82, 2.24) is 5.32 Å². The molecule has 2 aliphatic rings. The average Bonchev–Trinajstić information content (AvgIpc) is 3.18. The number of fused-ring (bicyclic) bond motifs is 2. The van der Waals surface area contributed by atoms with Crippen molar-refractivity contribution in [1.29, 1.82) is 5.26 Å². The number of carbonyl (C=O) groups excluding carboxylic acids is 1. The van der Waals surface area contributed by atoms with Gasteiger partial charge in [0.1, 0.15) is 11.8 Å². The average molecular weight is 312 g/mol. The maximum atomic E-state index is 12.4. The molecule has 122 valence electrons. The first kappa shape index (κ1) is 15.9. The van der Waals surface area contributed by atoms with Crippen LogP contribution in [0.25, 0.3) is 0 Å². The van der Waals surface area contributed by atoms with Gasteiger partial charge in [-0.1, -0.05) is 18.6 Å². The van der Waals surface area contributed by atoms with E-state index in [-0.39, 0.29) is 11.9 Å². The molecule has 3 rings (SSSR count). The normalized spacial score (nSPS) is 28.0. The Hall–Kier alpha value is -2.02. The van der Waals surface area contributed by atoms with Crippen molar-refractivity contribution < 1.29 is 9.53 Å². The summed E-state index contributed by atoms with van der Waals surface area (Å²) in [6.45, 7) is 3.84. The van der Waals surface area contributed by atoms with Gasteiger partial charge >= 0.3 is 0 Å². The van der Waals surface area contributed by atoms with Crippen LogP contribution in [0.3, 0.4) is 0 Å². The number of amides is 1. The highest BCUT2D eigenvalue weighted by Gasteiger charge is 2.42. The molecular weight excluding hydrogens is 288 g/mol. The number of hydrogen-bond acceptors (Lipinski definition) is 3. The number of para-hydroxylation sites is 1. The summed E-state index contributed by atoms with van der Waals surface area (Å²) in [5.41, 5.74) is 0.452. The van der Waals surface area contributed by atoms with Crippen LogP contribution in [0.15, 0.2) is 24.3 Å². The molecule has 0 saturated heterocycles. The van der Waals surface area contributed by atoms with Crippen molar-refractivity contribution >= 4 is 5.91 Å². The number of benzene rings is 1. The lowest BCUT2D eigenvalue weighted by atomic mass is 9.84. The standard InChI is InChI=1S/C19H24N2O2/c1-12(17-10-14-7-8-15(17)9-14)21-19(22)13(2)23-18-6-4-3-5-16(18)11-20/h3-6,12-15,17H,7-10H2,1-2H3,(H,21,22)/t12-,13+,14+,15+,17+/m1/s1. The minimum absolute atomic E-state index is 0.104. The minimum atomic E-state index is -0.606. The molecule has 1 N–H and O–H groups in total. The van der Waals surface area contributed by atoms with Gasteiger partial charge in [0.2, 0.25) is 0 Å². The van der Waals surface area contributed by atoms with Crippen LogP contribution in [0.1, 0.15) is 45.1 Å². The Kier molecular flexibility index (Phi) is 4.56. The quantitative estimate of drug-likeness (QED) is 0.907. The molecule has 1 aromatic carbocycles. The van der Waals surface area contributed by atoms with Crippen LogP contribution in [-0.4, -0.2) is 18.1 Å². The topological polar surface area (TPSA) is 62.1 Å². The van der Waals surface area contributed by atoms with Crippen LogP contribution in [0.2, 0.25) is 0 Å². The van der Waals surface area contributed by atoms with E-state index >= 15 is 0 Å². The van der Waals surface area contributed by atoms with E-state index in [0.29, 0.717) is 17.2 Å². The minimum Gasteiger partial charge on any atom is -0.480 e. The van der Waals surface area contributed by atoms with E-state index in [4.69, 9.17) is 10.00 Å². The molecule has 0 spiro atoms. The zero-order valence-corrected chi connectivity index (χ0v) is 13.8. The van der Waals surface area contributed by atoms with Crippen molar-refractivity contribution in [2.75, 3.05) is 0 Å². The second kappa shape index (κ2) is 6.62. The van der Waals surface area contributed by atoms with Gasteiger partial charge < -0.3 is 10.1 Å². The van der Waals surface area contributed by atoms with Gasteiger partial charge in [-0.3, -0.25) is 4.79 Å². The number of rotatable bonds is 5. The molecule has 0 aromatic heterocycles. The predicted molar refractivity (Wildman–Crippen MR) is 87.8 cm³/mol. The molecular formula is C19H24N2O2. The molecule has 0 radical (unpaired) electrons. The number of ether oxygens (including phenoxy) is 1. The molecule has 4 heteroatoms. The van der Waals surface area contributed by atoms with Crippen molar-refractivity contribution in [2.45, 2.75) is 51.7 Å². The van der Waals surface area contributed by atoms with E-state index in [2.05, 4.69) is 18.3 Å². The number of nitriles is 1. The summed E-state index contributed by atoms with van der Waals surface area (Å²) in [5.74, 6) is 2.63. The van der Waals surface area contributed by atoms with Crippen LogP contribution in [0.4, 0.5) is 0 Å². The summed E-state index contributed by atoms with van der Waals surface area (Å²) in [5, 5.41) is 12.2. The number of carbonyl (C=O) groups is 1. The zero-order chi connectivity index (χ0) is 16.4. The molecule has 2 aliphatic carbocycles. The van der Waals surface area contributed by atoms with Gasteiger partial charge in [-0.2, -0.15) is 5.26 Å². The van der Waals surface area contributed by atoms with Gasteiger partial charge in [0.15, 0.2) is 6.10 Å². The highest BCUT2D eigenvalue weighted by atomic mass is 16.5. The van der Waals surface area contributed by atoms with Gasteiger partial charge in [-0.25, -0.2) is 0 Å². The number of hydrogen-bond donors (Lipinski definition) is 1. The van der Waals surface area contributed by atoms with Gasteiger partial charge in [-0.05, 0) is 63.0 Å². The highest BCUT2D eigenvalue weighted by molar-refractivity contribution is 5.81.